The van der Waals surface area contributed by atoms with Gasteiger partial charge in [0.25, 0.3) is 11.8 Å². The van der Waals surface area contributed by atoms with Crippen LogP contribution in [0.4, 0.5) is 13.2 Å². The predicted octanol–water partition coefficient (Wildman–Crippen LogP) is 1.21. The molecule has 3 heterocycles. The number of hydrogen-bond acceptors (Lipinski definition) is 5. The Labute approximate surface area is 179 Å². The fraction of sp³-hybridized carbons (Fsp3) is 0.350. The number of carbonyl (C=O) groups excluding carboxylic acids is 4. The highest BCUT2D eigenvalue weighted by atomic mass is 19.4. The summed E-state index contributed by atoms with van der Waals surface area (Å²) in [5.41, 5.74) is 0.381. The summed E-state index contributed by atoms with van der Waals surface area (Å²) >= 11 is 0. The summed E-state index contributed by atoms with van der Waals surface area (Å²) in [7, 11) is 1.34. The Morgan fingerprint density at radius 3 is 2.62 bits per heavy atom. The smallest absolute Gasteiger partial charge is 0.335 e. The maximum absolute atomic E-state index is 13.6. The Morgan fingerprint density at radius 2 is 2.00 bits per heavy atom. The number of piperidine rings is 1. The van der Waals surface area contributed by atoms with Crippen LogP contribution in [0.2, 0.25) is 0 Å². The molecule has 32 heavy (non-hydrogen) atoms. The second-order valence-corrected chi connectivity index (χ2v) is 7.60. The molecule has 0 aliphatic carbocycles. The van der Waals surface area contributed by atoms with E-state index in [0.29, 0.717) is 5.56 Å². The van der Waals surface area contributed by atoms with E-state index in [0.717, 1.165) is 10.7 Å². The number of aromatic nitrogens is 2. The van der Waals surface area contributed by atoms with Crippen LogP contribution in [0.5, 0.6) is 0 Å². The average molecular weight is 449 g/mol. The Bertz CT molecular complexity index is 1130. The number of rotatable bonds is 4. The van der Waals surface area contributed by atoms with E-state index in [1.165, 1.54) is 36.3 Å². The third-order valence-corrected chi connectivity index (χ3v) is 5.54. The molecular formula is C20H18F3N5O4. The summed E-state index contributed by atoms with van der Waals surface area (Å²) in [4.78, 5) is 50.1. The van der Waals surface area contributed by atoms with Crippen molar-refractivity contribution in [1.29, 1.82) is 0 Å². The van der Waals surface area contributed by atoms with Gasteiger partial charge in [-0.25, -0.2) is 0 Å². The molecule has 0 saturated carbocycles. The van der Waals surface area contributed by atoms with Crippen molar-refractivity contribution in [2.75, 3.05) is 0 Å². The molecule has 0 bridgehead atoms. The first-order valence-corrected chi connectivity index (χ1v) is 9.69. The zero-order valence-corrected chi connectivity index (χ0v) is 16.8. The van der Waals surface area contributed by atoms with Crippen molar-refractivity contribution in [2.45, 2.75) is 37.6 Å². The quantitative estimate of drug-likeness (QED) is 0.682. The van der Waals surface area contributed by atoms with Crippen molar-refractivity contribution in [1.82, 2.24) is 25.3 Å². The van der Waals surface area contributed by atoms with Gasteiger partial charge in [-0.2, -0.15) is 18.3 Å². The summed E-state index contributed by atoms with van der Waals surface area (Å²) < 4.78 is 41.7. The molecule has 1 fully saturated rings. The highest BCUT2D eigenvalue weighted by Crippen LogP contribution is 2.33. The summed E-state index contributed by atoms with van der Waals surface area (Å²) in [6.07, 6.45) is -3.28. The fourth-order valence-electron chi connectivity index (χ4n) is 3.92. The van der Waals surface area contributed by atoms with Gasteiger partial charge in [-0.15, -0.1) is 0 Å². The molecule has 4 amide bonds. The van der Waals surface area contributed by atoms with Crippen molar-refractivity contribution < 1.29 is 32.3 Å². The van der Waals surface area contributed by atoms with Crippen molar-refractivity contribution in [2.24, 2.45) is 7.05 Å². The van der Waals surface area contributed by atoms with Gasteiger partial charge in [0.15, 0.2) is 6.04 Å². The number of imide groups is 1. The van der Waals surface area contributed by atoms with Crippen molar-refractivity contribution in [3.05, 3.63) is 52.8 Å². The number of carbonyl (C=O) groups is 4. The Morgan fingerprint density at radius 1 is 1.25 bits per heavy atom. The lowest BCUT2D eigenvalue weighted by Gasteiger charge is -2.29. The zero-order valence-electron chi connectivity index (χ0n) is 16.8. The lowest BCUT2D eigenvalue weighted by atomic mass is 10.0. The van der Waals surface area contributed by atoms with E-state index in [2.05, 4.69) is 10.4 Å². The number of amides is 4. The van der Waals surface area contributed by atoms with Crippen LogP contribution in [-0.2, 0) is 23.2 Å². The highest BCUT2D eigenvalue weighted by Gasteiger charge is 2.44. The molecule has 1 saturated heterocycles. The highest BCUT2D eigenvalue weighted by molar-refractivity contribution is 6.06. The molecule has 1 aromatic carbocycles. The third kappa shape index (κ3) is 3.83. The van der Waals surface area contributed by atoms with E-state index in [1.54, 1.807) is 0 Å². The van der Waals surface area contributed by atoms with Gasteiger partial charge < -0.3 is 10.2 Å². The molecule has 0 radical (unpaired) electrons. The Hall–Kier alpha value is -3.70. The van der Waals surface area contributed by atoms with Gasteiger partial charge in [0.1, 0.15) is 6.04 Å². The molecule has 9 nitrogen and oxygen atoms in total. The summed E-state index contributed by atoms with van der Waals surface area (Å²) in [5.74, 6) is -2.40. The molecule has 2 atom stereocenters. The number of hydrogen-bond donors (Lipinski definition) is 2. The van der Waals surface area contributed by atoms with Gasteiger partial charge in [0.2, 0.25) is 11.8 Å². The third-order valence-electron chi connectivity index (χ3n) is 5.54. The Balaban J connectivity index is 1.55. The summed E-state index contributed by atoms with van der Waals surface area (Å²) in [5, 5.41) is 7.89. The predicted molar refractivity (Wildman–Crippen MR) is 102 cm³/mol. The number of aryl methyl sites for hydroxylation is 1. The van der Waals surface area contributed by atoms with Crippen LogP contribution in [0, 0.1) is 0 Å². The van der Waals surface area contributed by atoms with E-state index < -0.39 is 41.9 Å². The Kier molecular flexibility index (Phi) is 5.23. The lowest BCUT2D eigenvalue weighted by Crippen LogP contribution is -2.52. The van der Waals surface area contributed by atoms with Crippen LogP contribution in [0.15, 0.2) is 30.5 Å². The second-order valence-electron chi connectivity index (χ2n) is 7.60. The number of nitrogens with zero attached hydrogens (tertiary/aromatic N) is 3. The molecule has 168 valence electrons. The number of nitrogens with one attached hydrogen (secondary N) is 2. The van der Waals surface area contributed by atoms with Crippen molar-refractivity contribution in [3.63, 3.8) is 0 Å². The van der Waals surface area contributed by atoms with Crippen LogP contribution >= 0.6 is 0 Å². The van der Waals surface area contributed by atoms with Gasteiger partial charge in [0, 0.05) is 37.3 Å². The number of fused-ring (bicyclic) bond motifs is 1. The monoisotopic (exact) mass is 449 g/mol. The molecule has 2 N–H and O–H groups in total. The topological polar surface area (TPSA) is 113 Å². The van der Waals surface area contributed by atoms with Crippen molar-refractivity contribution >= 4 is 23.6 Å². The van der Waals surface area contributed by atoms with E-state index in [1.807, 2.05) is 5.32 Å². The first kappa shape index (κ1) is 21.5. The van der Waals surface area contributed by atoms with Gasteiger partial charge in [-0.1, -0.05) is 0 Å². The lowest BCUT2D eigenvalue weighted by molar-refractivity contribution is -0.156. The van der Waals surface area contributed by atoms with Crippen LogP contribution in [-0.4, -0.2) is 50.5 Å². The molecule has 2 aromatic rings. The van der Waals surface area contributed by atoms with E-state index in [-0.39, 0.29) is 36.2 Å². The maximum Gasteiger partial charge on any atom is 0.414 e. The van der Waals surface area contributed by atoms with Crippen LogP contribution < -0.4 is 10.6 Å². The first-order valence-electron chi connectivity index (χ1n) is 9.69. The van der Waals surface area contributed by atoms with Crippen LogP contribution in [0.3, 0.4) is 0 Å². The minimum absolute atomic E-state index is 0.00595. The first-order chi connectivity index (χ1) is 15.1. The molecule has 0 spiro atoms. The summed E-state index contributed by atoms with van der Waals surface area (Å²) in [6, 6.07) is 2.02. The molecule has 12 heteroatoms. The molecule has 1 aromatic heterocycles. The number of benzene rings is 1. The van der Waals surface area contributed by atoms with Gasteiger partial charge in [0.05, 0.1) is 5.69 Å². The number of halogens is 3. The molecule has 2 aliphatic rings. The maximum atomic E-state index is 13.6. The number of alkyl halides is 3. The van der Waals surface area contributed by atoms with E-state index in [4.69, 9.17) is 0 Å². The molecular weight excluding hydrogens is 431 g/mol. The minimum atomic E-state index is -4.75. The van der Waals surface area contributed by atoms with Crippen LogP contribution in [0.25, 0.3) is 0 Å². The fourth-order valence-corrected chi connectivity index (χ4v) is 3.92. The largest absolute Gasteiger partial charge is 0.414 e. The second kappa shape index (κ2) is 7.77. The molecule has 2 unspecified atom stereocenters. The normalized spacial score (nSPS) is 19.6. The summed E-state index contributed by atoms with van der Waals surface area (Å²) in [6.45, 7) is 0.00595. The zero-order chi connectivity index (χ0) is 23.2. The average Bonchev–Trinajstić information content (AvgIpc) is 3.28. The van der Waals surface area contributed by atoms with Crippen molar-refractivity contribution in [3.8, 4) is 0 Å². The van der Waals surface area contributed by atoms with E-state index in [9.17, 15) is 32.3 Å². The van der Waals surface area contributed by atoms with Gasteiger partial charge in [-0.05, 0) is 36.2 Å². The minimum Gasteiger partial charge on any atom is -0.335 e. The molecule has 4 rings (SSSR count). The van der Waals surface area contributed by atoms with Gasteiger partial charge in [-0.3, -0.25) is 29.2 Å². The standard InChI is InChI=1S/C20H18F3N5O4/c1-27-13(6-7-24-27)16(20(21,22)23)26-17(30)10-2-3-12-11(8-10)9-28(19(12)32)14-4-5-15(29)25-18(14)31/h2-3,6-8,14,16H,4-5,9H2,1H3,(H,26,30)(H,25,29,31). The SMILES string of the molecule is Cn1nccc1C(NC(=O)c1ccc2c(c1)CN(C1CCC(=O)NC1=O)C2=O)C(F)(F)F. The van der Waals surface area contributed by atoms with Gasteiger partial charge >= 0.3 is 6.18 Å². The van der Waals surface area contributed by atoms with E-state index >= 15 is 0 Å². The molecule has 2 aliphatic heterocycles. The van der Waals surface area contributed by atoms with Crippen LogP contribution in [0.1, 0.15) is 50.9 Å².